The first kappa shape index (κ1) is 14.8. The Morgan fingerprint density at radius 3 is 2.33 bits per heavy atom. The van der Waals surface area contributed by atoms with Crippen LogP contribution in [0, 0.1) is 13.8 Å². The monoisotopic (exact) mass is 282 g/mol. The van der Waals surface area contributed by atoms with Gasteiger partial charge in [-0.3, -0.25) is 0 Å². The number of nitrogens with one attached hydrogen (secondary N) is 1. The molecule has 1 aromatic carbocycles. The molecule has 3 N–H and O–H groups in total. The van der Waals surface area contributed by atoms with Gasteiger partial charge < -0.3 is 5.73 Å². The van der Waals surface area contributed by atoms with Gasteiger partial charge in [-0.25, -0.2) is 13.1 Å². The molecule has 0 atom stereocenters. The van der Waals surface area contributed by atoms with Crippen LogP contribution in [0.4, 0.5) is 18.9 Å². The number of halogens is 3. The smallest absolute Gasteiger partial charge is 0.398 e. The Hall–Kier alpha value is -1.28. The maximum Gasteiger partial charge on any atom is 0.402 e. The van der Waals surface area contributed by atoms with Gasteiger partial charge in [0, 0.05) is 5.69 Å². The number of alkyl halides is 3. The quantitative estimate of drug-likeness (QED) is 0.829. The van der Waals surface area contributed by atoms with Crippen molar-refractivity contribution in [2.75, 3.05) is 12.3 Å². The van der Waals surface area contributed by atoms with E-state index in [1.165, 1.54) is 30.7 Å². The van der Waals surface area contributed by atoms with Gasteiger partial charge in [-0.15, -0.1) is 0 Å². The second-order valence-corrected chi connectivity index (χ2v) is 5.57. The van der Waals surface area contributed by atoms with E-state index in [2.05, 4.69) is 0 Å². The number of nitrogen functional groups attached to an aromatic ring is 1. The second-order valence-electron chi connectivity index (χ2n) is 3.87. The highest BCUT2D eigenvalue weighted by Gasteiger charge is 2.31. The molecule has 4 nitrogen and oxygen atoms in total. The van der Waals surface area contributed by atoms with Crippen LogP contribution in [-0.4, -0.2) is 21.1 Å². The third kappa shape index (κ3) is 3.36. The third-order valence-electron chi connectivity index (χ3n) is 2.38. The Bertz CT molecular complexity index is 553. The summed E-state index contributed by atoms with van der Waals surface area (Å²) >= 11 is 0. The van der Waals surface area contributed by atoms with Gasteiger partial charge in [0.2, 0.25) is 10.0 Å². The van der Waals surface area contributed by atoms with Crippen molar-refractivity contribution in [2.45, 2.75) is 24.9 Å². The van der Waals surface area contributed by atoms with Crippen LogP contribution >= 0.6 is 0 Å². The molecular formula is C10H13F3N2O2S. The lowest BCUT2D eigenvalue weighted by molar-refractivity contribution is -0.121. The van der Waals surface area contributed by atoms with Crippen LogP contribution in [-0.2, 0) is 10.0 Å². The molecule has 0 fully saturated rings. The summed E-state index contributed by atoms with van der Waals surface area (Å²) in [7, 11) is -4.23. The number of rotatable bonds is 3. The topological polar surface area (TPSA) is 72.2 Å². The molecule has 0 saturated heterocycles. The molecule has 0 radical (unpaired) electrons. The predicted molar refractivity (Wildman–Crippen MR) is 61.6 cm³/mol. The van der Waals surface area contributed by atoms with Gasteiger partial charge in [0.15, 0.2) is 0 Å². The van der Waals surface area contributed by atoms with E-state index in [0.717, 1.165) is 0 Å². The third-order valence-corrected chi connectivity index (χ3v) is 4.07. The zero-order valence-corrected chi connectivity index (χ0v) is 10.6. The van der Waals surface area contributed by atoms with Crippen molar-refractivity contribution in [1.82, 2.24) is 4.72 Å². The van der Waals surface area contributed by atoms with Gasteiger partial charge in [0.05, 0.1) is 4.90 Å². The van der Waals surface area contributed by atoms with Gasteiger partial charge in [0.25, 0.3) is 0 Å². The number of sulfonamides is 1. The average Bonchev–Trinajstić information content (AvgIpc) is 2.20. The van der Waals surface area contributed by atoms with E-state index in [1.807, 2.05) is 0 Å². The van der Waals surface area contributed by atoms with Crippen LogP contribution in [0.3, 0.4) is 0 Å². The first-order valence-electron chi connectivity index (χ1n) is 4.96. The fraction of sp³-hybridized carbons (Fsp3) is 0.400. The minimum atomic E-state index is -4.60. The zero-order chi connectivity index (χ0) is 14.1. The van der Waals surface area contributed by atoms with Crippen LogP contribution in [0.1, 0.15) is 11.1 Å². The zero-order valence-electron chi connectivity index (χ0n) is 9.80. The van der Waals surface area contributed by atoms with Crippen molar-refractivity contribution < 1.29 is 21.6 Å². The summed E-state index contributed by atoms with van der Waals surface area (Å²) in [6.07, 6.45) is -4.60. The van der Waals surface area contributed by atoms with E-state index in [-0.39, 0.29) is 16.1 Å². The lowest BCUT2D eigenvalue weighted by Crippen LogP contribution is -2.34. The predicted octanol–water partition coefficient (Wildman–Crippen LogP) is 1.73. The fourth-order valence-electron chi connectivity index (χ4n) is 1.50. The highest BCUT2D eigenvalue weighted by atomic mass is 32.2. The van der Waals surface area contributed by atoms with Gasteiger partial charge in [-0.2, -0.15) is 13.2 Å². The van der Waals surface area contributed by atoms with Gasteiger partial charge in [-0.05, 0) is 31.0 Å². The molecule has 8 heteroatoms. The average molecular weight is 282 g/mol. The Morgan fingerprint density at radius 2 is 1.83 bits per heavy atom. The van der Waals surface area contributed by atoms with Gasteiger partial charge in [-0.1, -0.05) is 6.07 Å². The van der Waals surface area contributed by atoms with E-state index >= 15 is 0 Å². The van der Waals surface area contributed by atoms with Crippen LogP contribution in [0.25, 0.3) is 0 Å². The number of aryl methyl sites for hydroxylation is 1. The molecule has 0 aliphatic heterocycles. The summed E-state index contributed by atoms with van der Waals surface area (Å²) in [5.74, 6) is 0. The minimum Gasteiger partial charge on any atom is -0.398 e. The molecular weight excluding hydrogens is 269 g/mol. The lowest BCUT2D eigenvalue weighted by atomic mass is 10.1. The summed E-state index contributed by atoms with van der Waals surface area (Å²) in [6, 6.07) is 2.96. The van der Waals surface area contributed by atoms with Gasteiger partial charge >= 0.3 is 6.18 Å². The Labute approximate surface area is 103 Å². The van der Waals surface area contributed by atoms with E-state index in [4.69, 9.17) is 5.73 Å². The van der Waals surface area contributed by atoms with Crippen LogP contribution in [0.2, 0.25) is 0 Å². The molecule has 0 unspecified atom stereocenters. The second kappa shape index (κ2) is 4.77. The van der Waals surface area contributed by atoms with E-state index in [9.17, 15) is 21.6 Å². The molecule has 0 bridgehead atoms. The molecule has 0 spiro atoms. The van der Waals surface area contributed by atoms with Crippen molar-refractivity contribution in [2.24, 2.45) is 0 Å². The maximum atomic E-state index is 12.0. The maximum absolute atomic E-state index is 12.0. The molecule has 1 rings (SSSR count). The Kier molecular flexibility index (Phi) is 3.92. The molecule has 102 valence electrons. The van der Waals surface area contributed by atoms with Gasteiger partial charge in [0.1, 0.15) is 6.54 Å². The largest absolute Gasteiger partial charge is 0.402 e. The summed E-state index contributed by atoms with van der Waals surface area (Å²) in [6.45, 7) is 1.34. The summed E-state index contributed by atoms with van der Waals surface area (Å²) in [4.78, 5) is -0.202. The molecule has 0 saturated carbocycles. The molecule has 0 aliphatic rings. The summed E-state index contributed by atoms with van der Waals surface area (Å²) < 4.78 is 61.2. The SMILES string of the molecule is Cc1ccc(N)c(C)c1S(=O)(=O)NCC(F)(F)F. The Balaban J connectivity index is 3.18. The number of anilines is 1. The first-order chi connectivity index (χ1) is 8.04. The van der Waals surface area contributed by atoms with Crippen molar-refractivity contribution in [3.05, 3.63) is 23.3 Å². The number of nitrogens with two attached hydrogens (primary N) is 1. The molecule has 1 aromatic rings. The number of benzene rings is 1. The highest BCUT2D eigenvalue weighted by Crippen LogP contribution is 2.25. The van der Waals surface area contributed by atoms with Crippen molar-refractivity contribution in [1.29, 1.82) is 0 Å². The summed E-state index contributed by atoms with van der Waals surface area (Å²) in [5, 5.41) is 0. The normalized spacial score (nSPS) is 12.7. The van der Waals surface area contributed by atoms with Crippen molar-refractivity contribution >= 4 is 15.7 Å². The molecule has 0 heterocycles. The fourth-order valence-corrected chi connectivity index (χ4v) is 3.02. The number of hydrogen-bond donors (Lipinski definition) is 2. The highest BCUT2D eigenvalue weighted by molar-refractivity contribution is 7.89. The molecule has 18 heavy (non-hydrogen) atoms. The van der Waals surface area contributed by atoms with Crippen LogP contribution in [0.5, 0.6) is 0 Å². The van der Waals surface area contributed by atoms with Crippen molar-refractivity contribution in [3.8, 4) is 0 Å². The van der Waals surface area contributed by atoms with Crippen LogP contribution in [0.15, 0.2) is 17.0 Å². The first-order valence-corrected chi connectivity index (χ1v) is 6.45. The van der Waals surface area contributed by atoms with Crippen LogP contribution < -0.4 is 10.5 Å². The summed E-state index contributed by atoms with van der Waals surface area (Å²) in [5.41, 5.74) is 6.35. The standard InChI is InChI=1S/C10H13F3N2O2S/c1-6-3-4-8(14)7(2)9(6)18(16,17)15-5-10(11,12)13/h3-4,15H,5,14H2,1-2H3. The van der Waals surface area contributed by atoms with Crippen molar-refractivity contribution in [3.63, 3.8) is 0 Å². The van der Waals surface area contributed by atoms with E-state index in [1.54, 1.807) is 0 Å². The Morgan fingerprint density at radius 1 is 1.28 bits per heavy atom. The lowest BCUT2D eigenvalue weighted by Gasteiger charge is -2.14. The molecule has 0 aromatic heterocycles. The molecule has 0 amide bonds. The molecule has 0 aliphatic carbocycles. The van der Waals surface area contributed by atoms with E-state index in [0.29, 0.717) is 5.56 Å². The van der Waals surface area contributed by atoms with E-state index < -0.39 is 22.7 Å². The number of hydrogen-bond acceptors (Lipinski definition) is 3. The minimum absolute atomic E-state index is 0.202.